The van der Waals surface area contributed by atoms with E-state index >= 15 is 0 Å². The molecule has 0 fully saturated rings. The van der Waals surface area contributed by atoms with Crippen molar-refractivity contribution in [1.29, 1.82) is 0 Å². The van der Waals surface area contributed by atoms with Crippen LogP contribution in [0.1, 0.15) is 34.6 Å². The molecule has 3 aromatic rings. The second-order valence-corrected chi connectivity index (χ2v) is 8.57. The van der Waals surface area contributed by atoms with Crippen LogP contribution in [0.15, 0.2) is 35.7 Å². The second-order valence-electron chi connectivity index (χ2n) is 6.41. The summed E-state index contributed by atoms with van der Waals surface area (Å²) in [5.41, 5.74) is 2.13. The smallest absolute Gasteiger partial charge is 0.341 e. The summed E-state index contributed by atoms with van der Waals surface area (Å²) < 4.78 is 12.4. The average Bonchev–Trinajstić information content (AvgIpc) is 3.35. The van der Waals surface area contributed by atoms with Gasteiger partial charge in [0.25, 0.3) is 0 Å². The van der Waals surface area contributed by atoms with Crippen LogP contribution in [0, 0.1) is 6.92 Å². The molecule has 1 aromatic carbocycles. The summed E-state index contributed by atoms with van der Waals surface area (Å²) in [6.45, 7) is 5.95. The van der Waals surface area contributed by atoms with Crippen LogP contribution in [-0.2, 0) is 16.0 Å². The predicted octanol–water partition coefficient (Wildman–Crippen LogP) is 4.12. The standard InChI is InChI=1S/C21H24N4O4S2/c1-5-14-13(3)31-19(18(14)20(27)29-6-2)23-17(26)11-30-21-24-22-12-25(21)15-9-7-8-10-16(15)28-4/h7-10,12H,5-6,11H2,1-4H3,(H,23,26). The first-order chi connectivity index (χ1) is 15.0. The molecule has 2 heterocycles. The van der Waals surface area contributed by atoms with E-state index in [1.165, 1.54) is 23.1 Å². The van der Waals surface area contributed by atoms with E-state index in [0.29, 0.717) is 27.9 Å². The van der Waals surface area contributed by atoms with Gasteiger partial charge in [-0.25, -0.2) is 4.79 Å². The molecule has 164 valence electrons. The minimum Gasteiger partial charge on any atom is -0.495 e. The Morgan fingerprint density at radius 2 is 2.03 bits per heavy atom. The quantitative estimate of drug-likeness (QED) is 0.379. The number of hydrogen-bond acceptors (Lipinski definition) is 8. The normalized spacial score (nSPS) is 10.7. The number of ether oxygens (including phenoxy) is 2. The number of benzene rings is 1. The summed E-state index contributed by atoms with van der Waals surface area (Å²) in [6, 6.07) is 7.50. The van der Waals surface area contributed by atoms with Crippen LogP contribution in [0.5, 0.6) is 5.75 Å². The van der Waals surface area contributed by atoms with Crippen LogP contribution in [0.2, 0.25) is 0 Å². The number of thiophene rings is 1. The van der Waals surface area contributed by atoms with Crippen LogP contribution in [0.25, 0.3) is 5.69 Å². The molecule has 0 unspecified atom stereocenters. The van der Waals surface area contributed by atoms with Gasteiger partial charge in [0.15, 0.2) is 5.16 Å². The molecule has 3 rings (SSSR count). The molecule has 0 aliphatic carbocycles. The Morgan fingerprint density at radius 1 is 1.26 bits per heavy atom. The summed E-state index contributed by atoms with van der Waals surface area (Å²) in [6.07, 6.45) is 2.26. The number of carbonyl (C=O) groups excluding carboxylic acids is 2. The van der Waals surface area contributed by atoms with E-state index in [9.17, 15) is 9.59 Å². The van der Waals surface area contributed by atoms with Gasteiger partial charge in [0.1, 0.15) is 17.1 Å². The van der Waals surface area contributed by atoms with E-state index in [0.717, 1.165) is 16.1 Å². The second kappa shape index (κ2) is 10.5. The number of aromatic nitrogens is 3. The van der Waals surface area contributed by atoms with Crippen molar-refractivity contribution in [2.24, 2.45) is 0 Å². The minimum atomic E-state index is -0.414. The van der Waals surface area contributed by atoms with Gasteiger partial charge < -0.3 is 14.8 Å². The molecule has 0 radical (unpaired) electrons. The van der Waals surface area contributed by atoms with Gasteiger partial charge in [-0.15, -0.1) is 21.5 Å². The monoisotopic (exact) mass is 460 g/mol. The largest absolute Gasteiger partial charge is 0.495 e. The molecule has 0 saturated heterocycles. The zero-order chi connectivity index (χ0) is 22.4. The number of nitrogens with zero attached hydrogens (tertiary/aromatic N) is 3. The lowest BCUT2D eigenvalue weighted by atomic mass is 10.1. The van der Waals surface area contributed by atoms with E-state index in [1.54, 1.807) is 24.9 Å². The summed E-state index contributed by atoms with van der Waals surface area (Å²) in [4.78, 5) is 26.1. The van der Waals surface area contributed by atoms with E-state index < -0.39 is 5.97 Å². The third-order valence-electron chi connectivity index (χ3n) is 4.49. The highest BCUT2D eigenvalue weighted by molar-refractivity contribution is 7.99. The van der Waals surface area contributed by atoms with E-state index in [1.807, 2.05) is 38.1 Å². The molecule has 1 amide bonds. The van der Waals surface area contributed by atoms with E-state index in [-0.39, 0.29) is 18.3 Å². The Hall–Kier alpha value is -2.85. The lowest BCUT2D eigenvalue weighted by Crippen LogP contribution is -2.17. The fourth-order valence-electron chi connectivity index (χ4n) is 3.12. The van der Waals surface area contributed by atoms with Crippen molar-refractivity contribution in [3.63, 3.8) is 0 Å². The summed E-state index contributed by atoms with van der Waals surface area (Å²) in [5.74, 6) is 0.125. The third-order valence-corrected chi connectivity index (χ3v) is 6.49. The summed E-state index contributed by atoms with van der Waals surface area (Å²) in [7, 11) is 1.60. The molecule has 0 atom stereocenters. The number of anilines is 1. The maximum Gasteiger partial charge on any atom is 0.341 e. The fraction of sp³-hybridized carbons (Fsp3) is 0.333. The first-order valence-electron chi connectivity index (χ1n) is 9.75. The summed E-state index contributed by atoms with van der Waals surface area (Å²) >= 11 is 2.63. The molecule has 10 heteroatoms. The van der Waals surface area contributed by atoms with Crippen molar-refractivity contribution < 1.29 is 19.1 Å². The van der Waals surface area contributed by atoms with Gasteiger partial charge >= 0.3 is 5.97 Å². The number of hydrogen-bond donors (Lipinski definition) is 1. The van der Waals surface area contributed by atoms with Crippen LogP contribution in [0.3, 0.4) is 0 Å². The SMILES string of the molecule is CCOC(=O)c1c(NC(=O)CSc2nncn2-c2ccccc2OC)sc(C)c1CC. The first kappa shape index (κ1) is 22.8. The molecule has 0 aliphatic rings. The maximum atomic E-state index is 12.7. The van der Waals surface area contributed by atoms with Gasteiger partial charge in [-0.3, -0.25) is 9.36 Å². The third kappa shape index (κ3) is 5.08. The fourth-order valence-corrected chi connectivity index (χ4v) is 4.99. The van der Waals surface area contributed by atoms with Crippen LogP contribution >= 0.6 is 23.1 Å². The van der Waals surface area contributed by atoms with Crippen molar-refractivity contribution >= 4 is 40.0 Å². The highest BCUT2D eigenvalue weighted by Gasteiger charge is 2.23. The Kier molecular flexibility index (Phi) is 7.69. The van der Waals surface area contributed by atoms with Crippen molar-refractivity contribution in [1.82, 2.24) is 14.8 Å². The number of esters is 1. The Morgan fingerprint density at radius 3 is 2.74 bits per heavy atom. The number of nitrogens with one attached hydrogen (secondary N) is 1. The van der Waals surface area contributed by atoms with Crippen molar-refractivity contribution in [2.45, 2.75) is 32.3 Å². The molecule has 8 nitrogen and oxygen atoms in total. The first-order valence-corrected chi connectivity index (χ1v) is 11.6. The van der Waals surface area contributed by atoms with Gasteiger partial charge in [0.05, 0.1) is 30.7 Å². The number of thioether (sulfide) groups is 1. The lowest BCUT2D eigenvalue weighted by molar-refractivity contribution is -0.113. The highest BCUT2D eigenvalue weighted by atomic mass is 32.2. The summed E-state index contributed by atoms with van der Waals surface area (Å²) in [5, 5.41) is 12.0. The average molecular weight is 461 g/mol. The number of amides is 1. The zero-order valence-electron chi connectivity index (χ0n) is 17.8. The number of para-hydroxylation sites is 2. The number of aryl methyl sites for hydroxylation is 1. The van der Waals surface area contributed by atoms with Gasteiger partial charge in [-0.2, -0.15) is 0 Å². The maximum absolute atomic E-state index is 12.7. The number of carbonyl (C=O) groups is 2. The Labute approximate surface area is 189 Å². The zero-order valence-corrected chi connectivity index (χ0v) is 19.4. The van der Waals surface area contributed by atoms with Gasteiger partial charge in [0.2, 0.25) is 5.91 Å². The molecule has 2 aromatic heterocycles. The van der Waals surface area contributed by atoms with Crippen molar-refractivity contribution in [3.8, 4) is 11.4 Å². The molecule has 0 spiro atoms. The highest BCUT2D eigenvalue weighted by Crippen LogP contribution is 2.34. The Bertz CT molecular complexity index is 1080. The van der Waals surface area contributed by atoms with Crippen LogP contribution in [0.4, 0.5) is 5.00 Å². The molecule has 1 N–H and O–H groups in total. The molecule has 0 aliphatic heterocycles. The van der Waals surface area contributed by atoms with E-state index in [2.05, 4.69) is 15.5 Å². The van der Waals surface area contributed by atoms with Crippen molar-refractivity contribution in [2.75, 3.05) is 24.8 Å². The topological polar surface area (TPSA) is 95.3 Å². The van der Waals surface area contributed by atoms with E-state index in [4.69, 9.17) is 9.47 Å². The lowest BCUT2D eigenvalue weighted by Gasteiger charge is -2.11. The molecular weight excluding hydrogens is 436 g/mol. The van der Waals surface area contributed by atoms with Crippen LogP contribution < -0.4 is 10.1 Å². The minimum absolute atomic E-state index is 0.106. The molecule has 31 heavy (non-hydrogen) atoms. The van der Waals surface area contributed by atoms with Crippen molar-refractivity contribution in [3.05, 3.63) is 46.6 Å². The van der Waals surface area contributed by atoms with Gasteiger partial charge in [-0.1, -0.05) is 30.8 Å². The predicted molar refractivity (Wildman–Crippen MR) is 122 cm³/mol. The molecular formula is C21H24N4O4S2. The number of methoxy groups -OCH3 is 1. The van der Waals surface area contributed by atoms with Crippen LogP contribution in [-0.4, -0.2) is 46.1 Å². The molecule has 0 saturated carbocycles. The molecule has 0 bridgehead atoms. The Balaban J connectivity index is 1.74. The van der Waals surface area contributed by atoms with Gasteiger partial charge in [0, 0.05) is 4.88 Å². The van der Waals surface area contributed by atoms with Gasteiger partial charge in [-0.05, 0) is 38.0 Å². The number of rotatable bonds is 9.